The number of halogens is 1. The highest BCUT2D eigenvalue weighted by Gasteiger charge is 2.21. The van der Waals surface area contributed by atoms with Crippen molar-refractivity contribution in [2.24, 2.45) is 0 Å². The van der Waals surface area contributed by atoms with Gasteiger partial charge in [-0.15, -0.1) is 0 Å². The molecule has 2 heteroatoms. The van der Waals surface area contributed by atoms with E-state index in [1.807, 2.05) is 0 Å². The Balaban J connectivity index is 0.00000324. The van der Waals surface area contributed by atoms with Crippen LogP contribution in [0.4, 0.5) is 4.70 Å². The van der Waals surface area contributed by atoms with E-state index in [0.717, 1.165) is 6.04 Å². The summed E-state index contributed by atoms with van der Waals surface area (Å²) >= 11 is 0. The van der Waals surface area contributed by atoms with Crippen molar-refractivity contribution in [1.82, 2.24) is 4.90 Å². The first kappa shape index (κ1) is 18.9. The van der Waals surface area contributed by atoms with Crippen molar-refractivity contribution < 1.29 is 4.70 Å². The quantitative estimate of drug-likeness (QED) is 0.446. The first-order valence-corrected chi connectivity index (χ1v) is 8.62. The van der Waals surface area contributed by atoms with Crippen LogP contribution in [0, 0.1) is 0 Å². The average molecular weight is 273 g/mol. The number of unbranched alkanes of at least 4 members (excludes halogenated alkanes) is 8. The third-order valence-corrected chi connectivity index (χ3v) is 4.52. The molecule has 0 aromatic carbocycles. The minimum absolute atomic E-state index is 0. The summed E-state index contributed by atoms with van der Waals surface area (Å²) in [5.41, 5.74) is 0. The second kappa shape index (κ2) is 12.9. The largest absolute Gasteiger partial charge is 0.300 e. The predicted octanol–water partition coefficient (Wildman–Crippen LogP) is 5.54. The van der Waals surface area contributed by atoms with Crippen molar-refractivity contribution in [3.05, 3.63) is 0 Å². The molecule has 0 bridgehead atoms. The van der Waals surface area contributed by atoms with Crippen LogP contribution in [0.2, 0.25) is 0 Å². The molecule has 0 aromatic rings. The monoisotopic (exact) mass is 273 g/mol. The summed E-state index contributed by atoms with van der Waals surface area (Å²) in [5.74, 6) is 0. The molecule has 1 unspecified atom stereocenters. The van der Waals surface area contributed by atoms with Crippen molar-refractivity contribution in [2.45, 2.75) is 96.9 Å². The molecule has 1 atom stereocenters. The molecule has 0 aliphatic carbocycles. The van der Waals surface area contributed by atoms with Gasteiger partial charge >= 0.3 is 0 Å². The van der Waals surface area contributed by atoms with Gasteiger partial charge < -0.3 is 4.90 Å². The summed E-state index contributed by atoms with van der Waals surface area (Å²) in [6.07, 6.45) is 17.3. The number of hydrogen-bond donors (Lipinski definition) is 0. The predicted molar refractivity (Wildman–Crippen MR) is 84.6 cm³/mol. The first-order chi connectivity index (χ1) is 8.88. The molecule has 1 nitrogen and oxygen atoms in total. The molecule has 0 aromatic heterocycles. The van der Waals surface area contributed by atoms with Gasteiger partial charge in [-0.05, 0) is 38.8 Å². The molecule has 116 valence electrons. The Kier molecular flexibility index (Phi) is 12.8. The van der Waals surface area contributed by atoms with E-state index < -0.39 is 0 Å². The number of rotatable bonds is 11. The van der Waals surface area contributed by atoms with Gasteiger partial charge in [0, 0.05) is 6.04 Å². The molecule has 1 aliphatic heterocycles. The highest BCUT2D eigenvalue weighted by Crippen LogP contribution is 2.20. The van der Waals surface area contributed by atoms with Gasteiger partial charge in [0.2, 0.25) is 0 Å². The number of hydrogen-bond acceptors (Lipinski definition) is 1. The summed E-state index contributed by atoms with van der Waals surface area (Å²) in [6.45, 7) is 7.38. The fourth-order valence-electron chi connectivity index (χ4n) is 3.28. The molecule has 0 N–H and O–H groups in total. The van der Waals surface area contributed by atoms with Crippen LogP contribution in [0.5, 0.6) is 0 Å². The fourth-order valence-corrected chi connectivity index (χ4v) is 3.28. The maximum Gasteiger partial charge on any atom is 0.00931 e. The summed E-state index contributed by atoms with van der Waals surface area (Å²) in [5, 5.41) is 0. The Bertz CT molecular complexity index is 184. The summed E-state index contributed by atoms with van der Waals surface area (Å²) in [7, 11) is 0. The van der Waals surface area contributed by atoms with Crippen molar-refractivity contribution in [3.8, 4) is 0 Å². The highest BCUT2D eigenvalue weighted by atomic mass is 19.0. The molecule has 1 aliphatic rings. The van der Waals surface area contributed by atoms with Gasteiger partial charge in [-0.2, -0.15) is 0 Å². The SMILES string of the molecule is CCCCCCCCCCCN1CCCC1CC.F. The first-order valence-electron chi connectivity index (χ1n) is 8.62. The maximum absolute atomic E-state index is 2.74. The third-order valence-electron chi connectivity index (χ3n) is 4.52. The smallest absolute Gasteiger partial charge is 0.00931 e. The molecule has 0 amide bonds. The van der Waals surface area contributed by atoms with Gasteiger partial charge in [-0.1, -0.05) is 65.2 Å². The van der Waals surface area contributed by atoms with Crippen LogP contribution < -0.4 is 0 Å². The Morgan fingerprint density at radius 1 is 0.842 bits per heavy atom. The molecule has 1 rings (SSSR count). The minimum atomic E-state index is 0. The fraction of sp³-hybridized carbons (Fsp3) is 1.00. The van der Waals surface area contributed by atoms with Gasteiger partial charge in [0.05, 0.1) is 0 Å². The summed E-state index contributed by atoms with van der Waals surface area (Å²) < 4.78 is 0. The topological polar surface area (TPSA) is 3.24 Å². The molecule has 0 radical (unpaired) electrons. The van der Waals surface area contributed by atoms with E-state index in [1.54, 1.807) is 0 Å². The minimum Gasteiger partial charge on any atom is -0.300 e. The van der Waals surface area contributed by atoms with E-state index in [0.29, 0.717) is 0 Å². The Morgan fingerprint density at radius 3 is 2.00 bits per heavy atom. The van der Waals surface area contributed by atoms with Gasteiger partial charge in [-0.25, -0.2) is 0 Å². The molecule has 0 saturated carbocycles. The van der Waals surface area contributed by atoms with Crippen LogP contribution in [0.25, 0.3) is 0 Å². The lowest BCUT2D eigenvalue weighted by Gasteiger charge is -2.22. The number of nitrogens with zero attached hydrogens (tertiary/aromatic N) is 1. The van der Waals surface area contributed by atoms with E-state index >= 15 is 0 Å². The molecule has 19 heavy (non-hydrogen) atoms. The second-order valence-corrected chi connectivity index (χ2v) is 6.07. The van der Waals surface area contributed by atoms with Crippen LogP contribution >= 0.6 is 0 Å². The van der Waals surface area contributed by atoms with E-state index in [9.17, 15) is 0 Å². The lowest BCUT2D eigenvalue weighted by Crippen LogP contribution is -2.29. The van der Waals surface area contributed by atoms with E-state index in [-0.39, 0.29) is 4.70 Å². The molecule has 0 spiro atoms. The standard InChI is InChI=1S/C17H35N.FH/c1-3-5-6-7-8-9-10-11-12-15-18-16-13-14-17(18)4-2;/h17H,3-16H2,1-2H3;1H. The van der Waals surface area contributed by atoms with Gasteiger partial charge in [0.1, 0.15) is 0 Å². The van der Waals surface area contributed by atoms with Crippen LogP contribution in [-0.2, 0) is 0 Å². The maximum atomic E-state index is 2.74. The molecule has 1 saturated heterocycles. The lowest BCUT2D eigenvalue weighted by molar-refractivity contribution is 0.242. The van der Waals surface area contributed by atoms with Crippen LogP contribution in [0.15, 0.2) is 0 Å². The van der Waals surface area contributed by atoms with Crippen LogP contribution in [0.1, 0.15) is 90.9 Å². The van der Waals surface area contributed by atoms with Crippen LogP contribution in [-0.4, -0.2) is 24.0 Å². The molecule has 1 heterocycles. The van der Waals surface area contributed by atoms with Gasteiger partial charge in [0.25, 0.3) is 0 Å². The van der Waals surface area contributed by atoms with Crippen LogP contribution in [0.3, 0.4) is 0 Å². The van der Waals surface area contributed by atoms with Gasteiger partial charge in [0.15, 0.2) is 0 Å². The zero-order valence-electron chi connectivity index (χ0n) is 13.3. The zero-order chi connectivity index (χ0) is 13.1. The Labute approximate surface area is 120 Å². The van der Waals surface area contributed by atoms with Crippen molar-refractivity contribution in [1.29, 1.82) is 0 Å². The van der Waals surface area contributed by atoms with Crippen molar-refractivity contribution >= 4 is 0 Å². The molecular weight excluding hydrogens is 237 g/mol. The Morgan fingerprint density at radius 2 is 1.42 bits per heavy atom. The van der Waals surface area contributed by atoms with Crippen molar-refractivity contribution in [3.63, 3.8) is 0 Å². The average Bonchev–Trinajstić information content (AvgIpc) is 2.84. The van der Waals surface area contributed by atoms with Crippen molar-refractivity contribution in [2.75, 3.05) is 13.1 Å². The lowest BCUT2D eigenvalue weighted by atomic mass is 10.1. The van der Waals surface area contributed by atoms with Gasteiger partial charge in [-0.3, -0.25) is 4.70 Å². The molecule has 1 fully saturated rings. The zero-order valence-corrected chi connectivity index (χ0v) is 13.3. The van der Waals surface area contributed by atoms with E-state index in [4.69, 9.17) is 0 Å². The Hall–Kier alpha value is -0.110. The van der Waals surface area contributed by atoms with E-state index in [2.05, 4.69) is 18.7 Å². The van der Waals surface area contributed by atoms with E-state index in [1.165, 1.54) is 90.1 Å². The third kappa shape index (κ3) is 8.62. The summed E-state index contributed by atoms with van der Waals surface area (Å²) in [4.78, 5) is 2.74. The highest BCUT2D eigenvalue weighted by molar-refractivity contribution is 4.77. The molecular formula is C17H36FN. The number of likely N-dealkylation sites (tertiary alicyclic amines) is 1. The second-order valence-electron chi connectivity index (χ2n) is 6.07. The summed E-state index contributed by atoms with van der Waals surface area (Å²) in [6, 6.07) is 0.916. The normalized spacial score (nSPS) is 19.6.